The number of aromatic nitrogens is 2. The summed E-state index contributed by atoms with van der Waals surface area (Å²) in [5, 5.41) is 1.16. The minimum atomic E-state index is 0.566. The van der Waals surface area contributed by atoms with E-state index in [-0.39, 0.29) is 0 Å². The summed E-state index contributed by atoms with van der Waals surface area (Å²) in [5.41, 5.74) is 8.75. The highest BCUT2D eigenvalue weighted by Gasteiger charge is 2.11. The van der Waals surface area contributed by atoms with Gasteiger partial charge in [-0.2, -0.15) is 0 Å². The standard InChI is InChI=1S/C13H8BrCl2N3/c14-7-5-6(1-4-10(7)17)13-18-11-8(15)2-3-9(16)12(11)19-13/h1-5H,17H2,(H,18,19). The number of nitrogen functional groups attached to an aromatic ring is 1. The molecular formula is C13H8BrCl2N3. The number of nitrogens with two attached hydrogens (primary N) is 1. The highest BCUT2D eigenvalue weighted by molar-refractivity contribution is 9.10. The number of rotatable bonds is 1. The zero-order valence-corrected chi connectivity index (χ0v) is 12.6. The summed E-state index contributed by atoms with van der Waals surface area (Å²) >= 11 is 15.6. The first-order valence-corrected chi connectivity index (χ1v) is 7.00. The van der Waals surface area contributed by atoms with Gasteiger partial charge in [-0.1, -0.05) is 23.2 Å². The molecule has 19 heavy (non-hydrogen) atoms. The molecule has 0 amide bonds. The van der Waals surface area contributed by atoms with Crippen molar-refractivity contribution in [1.82, 2.24) is 9.97 Å². The first-order valence-electron chi connectivity index (χ1n) is 5.45. The van der Waals surface area contributed by atoms with Gasteiger partial charge < -0.3 is 10.7 Å². The quantitative estimate of drug-likeness (QED) is 0.610. The lowest BCUT2D eigenvalue weighted by atomic mass is 10.2. The predicted molar refractivity (Wildman–Crippen MR) is 83.7 cm³/mol. The van der Waals surface area contributed by atoms with Gasteiger partial charge in [-0.05, 0) is 46.3 Å². The van der Waals surface area contributed by atoms with Crippen LogP contribution in [-0.2, 0) is 0 Å². The number of imidazole rings is 1. The van der Waals surface area contributed by atoms with Crippen LogP contribution in [0.1, 0.15) is 0 Å². The molecular weight excluding hydrogens is 349 g/mol. The van der Waals surface area contributed by atoms with Crippen molar-refractivity contribution in [3.05, 3.63) is 44.8 Å². The van der Waals surface area contributed by atoms with Crippen molar-refractivity contribution in [2.45, 2.75) is 0 Å². The summed E-state index contributed by atoms with van der Waals surface area (Å²) in [5.74, 6) is 0.700. The number of hydrogen-bond donors (Lipinski definition) is 2. The van der Waals surface area contributed by atoms with Gasteiger partial charge in [0.1, 0.15) is 11.3 Å². The van der Waals surface area contributed by atoms with Crippen LogP contribution in [0.2, 0.25) is 10.0 Å². The summed E-state index contributed by atoms with van der Waals surface area (Å²) in [7, 11) is 0. The van der Waals surface area contributed by atoms with E-state index >= 15 is 0 Å². The van der Waals surface area contributed by atoms with E-state index < -0.39 is 0 Å². The Morgan fingerprint density at radius 1 is 1.11 bits per heavy atom. The largest absolute Gasteiger partial charge is 0.398 e. The van der Waals surface area contributed by atoms with Crippen LogP contribution in [0.15, 0.2) is 34.8 Å². The third-order valence-corrected chi connectivity index (χ3v) is 4.13. The minimum Gasteiger partial charge on any atom is -0.398 e. The van der Waals surface area contributed by atoms with E-state index in [4.69, 9.17) is 28.9 Å². The average molecular weight is 357 g/mol. The highest BCUT2D eigenvalue weighted by Crippen LogP contribution is 2.32. The van der Waals surface area contributed by atoms with E-state index in [1.807, 2.05) is 18.2 Å². The molecule has 6 heteroatoms. The van der Waals surface area contributed by atoms with Gasteiger partial charge in [-0.3, -0.25) is 0 Å². The Labute approximate surface area is 127 Å². The van der Waals surface area contributed by atoms with E-state index in [0.29, 0.717) is 27.1 Å². The molecule has 0 aliphatic rings. The third kappa shape index (κ3) is 2.20. The highest BCUT2D eigenvalue weighted by atomic mass is 79.9. The molecule has 3 nitrogen and oxygen atoms in total. The molecule has 0 fully saturated rings. The maximum Gasteiger partial charge on any atom is 0.138 e. The molecule has 3 aromatic rings. The van der Waals surface area contributed by atoms with Gasteiger partial charge in [0.25, 0.3) is 0 Å². The molecule has 3 N–H and O–H groups in total. The molecule has 0 unspecified atom stereocenters. The Morgan fingerprint density at radius 2 is 1.84 bits per heavy atom. The Bertz CT molecular complexity index is 744. The van der Waals surface area contributed by atoms with E-state index in [1.165, 1.54) is 0 Å². The van der Waals surface area contributed by atoms with Crippen LogP contribution in [0.4, 0.5) is 5.69 Å². The maximum atomic E-state index is 6.13. The lowest BCUT2D eigenvalue weighted by Crippen LogP contribution is -1.87. The summed E-state index contributed by atoms with van der Waals surface area (Å²) in [6.07, 6.45) is 0. The molecule has 0 saturated heterocycles. The number of aromatic amines is 1. The van der Waals surface area contributed by atoms with Crippen molar-refractivity contribution in [3.63, 3.8) is 0 Å². The topological polar surface area (TPSA) is 54.7 Å². The van der Waals surface area contributed by atoms with Crippen LogP contribution in [0.3, 0.4) is 0 Å². The van der Waals surface area contributed by atoms with E-state index in [9.17, 15) is 0 Å². The van der Waals surface area contributed by atoms with Crippen molar-refractivity contribution in [2.24, 2.45) is 0 Å². The zero-order valence-electron chi connectivity index (χ0n) is 9.55. The molecule has 0 saturated carbocycles. The maximum absolute atomic E-state index is 6.13. The van der Waals surface area contributed by atoms with E-state index in [2.05, 4.69) is 25.9 Å². The van der Waals surface area contributed by atoms with Crippen molar-refractivity contribution >= 4 is 55.9 Å². The number of H-pyrrole nitrogens is 1. The lowest BCUT2D eigenvalue weighted by molar-refractivity contribution is 1.33. The van der Waals surface area contributed by atoms with Gasteiger partial charge in [-0.15, -0.1) is 0 Å². The molecule has 96 valence electrons. The fourth-order valence-electron chi connectivity index (χ4n) is 1.84. The Hall–Kier alpha value is -1.23. The summed E-state index contributed by atoms with van der Waals surface area (Å²) in [4.78, 5) is 7.66. The first kappa shape index (κ1) is 12.8. The number of halogens is 3. The fraction of sp³-hybridized carbons (Fsp3) is 0. The smallest absolute Gasteiger partial charge is 0.138 e. The van der Waals surface area contributed by atoms with Crippen molar-refractivity contribution in [1.29, 1.82) is 0 Å². The van der Waals surface area contributed by atoms with Gasteiger partial charge in [0.2, 0.25) is 0 Å². The van der Waals surface area contributed by atoms with E-state index in [0.717, 1.165) is 15.6 Å². The van der Waals surface area contributed by atoms with Gasteiger partial charge in [0.15, 0.2) is 0 Å². The summed E-state index contributed by atoms with van der Waals surface area (Å²) in [6.45, 7) is 0. The van der Waals surface area contributed by atoms with Crippen molar-refractivity contribution in [3.8, 4) is 11.4 Å². The lowest BCUT2D eigenvalue weighted by Gasteiger charge is -2.00. The van der Waals surface area contributed by atoms with Gasteiger partial charge in [0, 0.05) is 15.7 Å². The number of nitrogens with zero attached hydrogens (tertiary/aromatic N) is 1. The molecule has 2 aromatic carbocycles. The number of nitrogens with one attached hydrogen (secondary N) is 1. The molecule has 1 aromatic heterocycles. The molecule has 3 rings (SSSR count). The monoisotopic (exact) mass is 355 g/mol. The van der Waals surface area contributed by atoms with Crippen molar-refractivity contribution in [2.75, 3.05) is 5.73 Å². The number of benzene rings is 2. The number of fused-ring (bicyclic) bond motifs is 1. The van der Waals surface area contributed by atoms with Crippen LogP contribution in [0, 0.1) is 0 Å². The molecule has 0 bridgehead atoms. The predicted octanol–water partition coefficient (Wildman–Crippen LogP) is 4.88. The number of anilines is 1. The second-order valence-electron chi connectivity index (χ2n) is 4.07. The van der Waals surface area contributed by atoms with E-state index in [1.54, 1.807) is 12.1 Å². The molecule has 1 heterocycles. The van der Waals surface area contributed by atoms with Crippen molar-refractivity contribution < 1.29 is 0 Å². The minimum absolute atomic E-state index is 0.566. The molecule has 0 atom stereocenters. The Kier molecular flexibility index (Phi) is 3.17. The summed E-state index contributed by atoms with van der Waals surface area (Å²) < 4.78 is 0.822. The molecule has 0 radical (unpaired) electrons. The second-order valence-corrected chi connectivity index (χ2v) is 5.74. The van der Waals surface area contributed by atoms with Gasteiger partial charge in [-0.25, -0.2) is 4.98 Å². The van der Waals surface area contributed by atoms with Crippen LogP contribution < -0.4 is 5.73 Å². The Balaban J connectivity index is 2.23. The third-order valence-electron chi connectivity index (χ3n) is 2.82. The SMILES string of the molecule is Nc1ccc(-c2nc3c(Cl)ccc(Cl)c3[nH]2)cc1Br. The second kappa shape index (κ2) is 4.71. The normalized spacial score (nSPS) is 11.1. The van der Waals surface area contributed by atoms with Crippen LogP contribution in [-0.4, -0.2) is 9.97 Å². The van der Waals surface area contributed by atoms with Crippen LogP contribution >= 0.6 is 39.1 Å². The van der Waals surface area contributed by atoms with Gasteiger partial charge in [0.05, 0.1) is 15.6 Å². The fourth-order valence-corrected chi connectivity index (χ4v) is 2.62. The molecule has 0 spiro atoms. The van der Waals surface area contributed by atoms with Crippen LogP contribution in [0.5, 0.6) is 0 Å². The van der Waals surface area contributed by atoms with Gasteiger partial charge >= 0.3 is 0 Å². The number of hydrogen-bond acceptors (Lipinski definition) is 2. The summed E-state index contributed by atoms with van der Waals surface area (Å²) in [6, 6.07) is 9.08. The van der Waals surface area contributed by atoms with Crippen LogP contribution in [0.25, 0.3) is 22.4 Å². The molecule has 0 aliphatic heterocycles. The first-order chi connectivity index (χ1) is 9.06. The molecule has 0 aliphatic carbocycles. The zero-order chi connectivity index (χ0) is 13.6. The average Bonchev–Trinajstić information content (AvgIpc) is 2.83. The Morgan fingerprint density at radius 3 is 2.53 bits per heavy atom.